The minimum atomic E-state index is -1.06. The number of carboxylic acids is 1. The molecule has 0 aliphatic carbocycles. The zero-order chi connectivity index (χ0) is 12.4. The van der Waals surface area contributed by atoms with Crippen LogP contribution in [0.25, 0.3) is 0 Å². The van der Waals surface area contributed by atoms with E-state index in [4.69, 9.17) is 10.2 Å². The molecule has 0 spiro atoms. The molecule has 1 aromatic carbocycles. The summed E-state index contributed by atoms with van der Waals surface area (Å²) in [5.74, 6) is -1.86. The highest BCUT2D eigenvalue weighted by atomic mass is 16.4. The van der Waals surface area contributed by atoms with Crippen molar-refractivity contribution in [1.29, 1.82) is 0 Å². The van der Waals surface area contributed by atoms with Crippen LogP contribution in [0.15, 0.2) is 30.3 Å². The molecule has 1 amide bonds. The van der Waals surface area contributed by atoms with Gasteiger partial charge >= 0.3 is 12.1 Å². The number of hydrogen-bond donors (Lipinski definition) is 2. The van der Waals surface area contributed by atoms with Crippen LogP contribution in [0.1, 0.15) is 11.5 Å². The van der Waals surface area contributed by atoms with Gasteiger partial charge in [-0.3, -0.25) is 4.79 Å². The molecular weight excluding hydrogens is 222 g/mol. The van der Waals surface area contributed by atoms with E-state index in [-0.39, 0.29) is 19.0 Å². The molecule has 1 fully saturated rings. The molecule has 2 N–H and O–H groups in total. The van der Waals surface area contributed by atoms with Gasteiger partial charge in [0.1, 0.15) is 0 Å². The van der Waals surface area contributed by atoms with Gasteiger partial charge in [0, 0.05) is 19.0 Å². The van der Waals surface area contributed by atoms with E-state index in [1.165, 1.54) is 0 Å². The molecule has 1 aliphatic rings. The van der Waals surface area contributed by atoms with Crippen LogP contribution in [-0.4, -0.2) is 40.3 Å². The fourth-order valence-electron chi connectivity index (χ4n) is 2.25. The molecule has 1 aromatic rings. The van der Waals surface area contributed by atoms with Crippen molar-refractivity contribution in [2.24, 2.45) is 5.92 Å². The van der Waals surface area contributed by atoms with E-state index in [1.54, 1.807) is 0 Å². The van der Waals surface area contributed by atoms with E-state index in [9.17, 15) is 9.59 Å². The van der Waals surface area contributed by atoms with Gasteiger partial charge in [0.15, 0.2) is 0 Å². The highest BCUT2D eigenvalue weighted by molar-refractivity contribution is 5.75. The lowest BCUT2D eigenvalue weighted by Crippen LogP contribution is -2.28. The van der Waals surface area contributed by atoms with Crippen molar-refractivity contribution in [3.05, 3.63) is 35.9 Å². The number of rotatable bonds is 2. The van der Waals surface area contributed by atoms with Crippen LogP contribution in [0.2, 0.25) is 0 Å². The number of aliphatic carboxylic acids is 1. The second kappa shape index (κ2) is 4.45. The fourth-order valence-corrected chi connectivity index (χ4v) is 2.25. The van der Waals surface area contributed by atoms with Crippen molar-refractivity contribution < 1.29 is 19.8 Å². The van der Waals surface area contributed by atoms with Crippen LogP contribution >= 0.6 is 0 Å². The minimum absolute atomic E-state index is 0.0597. The summed E-state index contributed by atoms with van der Waals surface area (Å²) in [6, 6.07) is 9.19. The van der Waals surface area contributed by atoms with Crippen molar-refractivity contribution in [3.63, 3.8) is 0 Å². The molecule has 17 heavy (non-hydrogen) atoms. The molecule has 1 heterocycles. The quantitative estimate of drug-likeness (QED) is 0.813. The summed E-state index contributed by atoms with van der Waals surface area (Å²) in [5, 5.41) is 18.0. The molecule has 1 aliphatic heterocycles. The molecular formula is C12H13NO4. The Bertz CT molecular complexity index is 431. The standard InChI is InChI=1S/C12H13NO4/c14-11(15)10-7-13(12(16)17)6-9(10)8-4-2-1-3-5-8/h1-5,9-10H,6-7H2,(H,14,15)(H,16,17). The number of carbonyl (C=O) groups is 2. The third-order valence-corrected chi connectivity index (χ3v) is 3.14. The van der Waals surface area contributed by atoms with E-state index in [1.807, 2.05) is 30.3 Å². The number of amides is 1. The van der Waals surface area contributed by atoms with E-state index >= 15 is 0 Å². The van der Waals surface area contributed by atoms with E-state index in [2.05, 4.69) is 0 Å². The van der Waals surface area contributed by atoms with Gasteiger partial charge in [-0.25, -0.2) is 4.79 Å². The summed E-state index contributed by atoms with van der Waals surface area (Å²) in [5.41, 5.74) is 0.878. The molecule has 0 aromatic heterocycles. The molecule has 90 valence electrons. The number of hydrogen-bond acceptors (Lipinski definition) is 2. The Morgan fingerprint density at radius 2 is 1.76 bits per heavy atom. The van der Waals surface area contributed by atoms with Crippen molar-refractivity contribution >= 4 is 12.1 Å². The van der Waals surface area contributed by atoms with Gasteiger partial charge < -0.3 is 15.1 Å². The Morgan fingerprint density at radius 3 is 2.29 bits per heavy atom. The van der Waals surface area contributed by atoms with Gasteiger partial charge in [-0.2, -0.15) is 0 Å². The Kier molecular flexibility index (Phi) is 2.99. The second-order valence-electron chi connectivity index (χ2n) is 4.15. The summed E-state index contributed by atoms with van der Waals surface area (Å²) < 4.78 is 0. The zero-order valence-corrected chi connectivity index (χ0v) is 9.11. The summed E-state index contributed by atoms with van der Waals surface area (Å²) in [4.78, 5) is 23.2. The predicted molar refractivity (Wildman–Crippen MR) is 59.9 cm³/mol. The maximum absolute atomic E-state index is 11.1. The Balaban J connectivity index is 2.26. The first-order valence-corrected chi connectivity index (χ1v) is 5.35. The molecule has 2 rings (SSSR count). The number of nitrogens with zero attached hydrogens (tertiary/aromatic N) is 1. The Hall–Kier alpha value is -2.04. The number of likely N-dealkylation sites (tertiary alicyclic amines) is 1. The largest absolute Gasteiger partial charge is 0.481 e. The van der Waals surface area contributed by atoms with Crippen molar-refractivity contribution in [2.45, 2.75) is 5.92 Å². The average molecular weight is 235 g/mol. The highest BCUT2D eigenvalue weighted by Crippen LogP contribution is 2.32. The van der Waals surface area contributed by atoms with E-state index < -0.39 is 18.0 Å². The fraction of sp³-hybridized carbons (Fsp3) is 0.333. The molecule has 2 unspecified atom stereocenters. The molecule has 1 saturated heterocycles. The molecule has 5 heteroatoms. The molecule has 2 atom stereocenters. The topological polar surface area (TPSA) is 77.8 Å². The maximum atomic E-state index is 11.1. The van der Waals surface area contributed by atoms with Crippen LogP contribution in [0.5, 0.6) is 0 Å². The van der Waals surface area contributed by atoms with Gasteiger partial charge in [-0.1, -0.05) is 30.3 Å². The van der Waals surface area contributed by atoms with Gasteiger partial charge in [-0.15, -0.1) is 0 Å². The minimum Gasteiger partial charge on any atom is -0.481 e. The lowest BCUT2D eigenvalue weighted by atomic mass is 9.89. The molecule has 0 bridgehead atoms. The van der Waals surface area contributed by atoms with Gasteiger partial charge in [0.25, 0.3) is 0 Å². The maximum Gasteiger partial charge on any atom is 0.407 e. The van der Waals surface area contributed by atoms with Crippen molar-refractivity contribution in [1.82, 2.24) is 4.90 Å². The first kappa shape index (κ1) is 11.4. The van der Waals surface area contributed by atoms with E-state index in [0.717, 1.165) is 10.5 Å². The van der Waals surface area contributed by atoms with Crippen molar-refractivity contribution in [2.75, 3.05) is 13.1 Å². The van der Waals surface area contributed by atoms with Crippen molar-refractivity contribution in [3.8, 4) is 0 Å². The molecule has 5 nitrogen and oxygen atoms in total. The molecule has 0 saturated carbocycles. The summed E-state index contributed by atoms with van der Waals surface area (Å²) in [6.07, 6.45) is -1.06. The van der Waals surface area contributed by atoms with Crippen LogP contribution in [0.3, 0.4) is 0 Å². The summed E-state index contributed by atoms with van der Waals surface area (Å²) in [6.45, 7) is 0.306. The Morgan fingerprint density at radius 1 is 1.12 bits per heavy atom. The Labute approximate surface area is 98.3 Å². The van der Waals surface area contributed by atoms with Crippen LogP contribution in [-0.2, 0) is 4.79 Å². The highest BCUT2D eigenvalue weighted by Gasteiger charge is 2.40. The normalized spacial score (nSPS) is 23.6. The van der Waals surface area contributed by atoms with Gasteiger partial charge in [0.2, 0.25) is 0 Å². The zero-order valence-electron chi connectivity index (χ0n) is 9.11. The second-order valence-corrected chi connectivity index (χ2v) is 4.15. The molecule has 0 radical (unpaired) electrons. The third kappa shape index (κ3) is 2.22. The monoisotopic (exact) mass is 235 g/mol. The van der Waals surface area contributed by atoms with Gasteiger partial charge in [-0.05, 0) is 5.56 Å². The van der Waals surface area contributed by atoms with Gasteiger partial charge in [0.05, 0.1) is 5.92 Å². The number of carboxylic acid groups (broad SMARTS) is 2. The third-order valence-electron chi connectivity index (χ3n) is 3.14. The average Bonchev–Trinajstić information content (AvgIpc) is 2.75. The SMILES string of the molecule is O=C(O)C1CN(C(=O)O)CC1c1ccccc1. The summed E-state index contributed by atoms with van der Waals surface area (Å²) in [7, 11) is 0. The first-order chi connectivity index (χ1) is 8.09. The van der Waals surface area contributed by atoms with Crippen LogP contribution < -0.4 is 0 Å². The van der Waals surface area contributed by atoms with E-state index in [0.29, 0.717) is 0 Å². The van der Waals surface area contributed by atoms with Crippen LogP contribution in [0, 0.1) is 5.92 Å². The lowest BCUT2D eigenvalue weighted by molar-refractivity contribution is -0.141. The first-order valence-electron chi connectivity index (χ1n) is 5.35. The predicted octanol–water partition coefficient (Wildman–Crippen LogP) is 1.46. The summed E-state index contributed by atoms with van der Waals surface area (Å²) >= 11 is 0. The lowest BCUT2D eigenvalue weighted by Gasteiger charge is -2.14. The van der Waals surface area contributed by atoms with Crippen LogP contribution in [0.4, 0.5) is 4.79 Å². The smallest absolute Gasteiger partial charge is 0.407 e. The number of benzene rings is 1.